The zero-order valence-corrected chi connectivity index (χ0v) is 23.1. The fourth-order valence-corrected chi connectivity index (χ4v) is 5.07. The largest absolute Gasteiger partial charge is 0.493 e. The van der Waals surface area contributed by atoms with Gasteiger partial charge in [-0.25, -0.2) is 4.39 Å². The molecule has 0 unspecified atom stereocenters. The van der Waals surface area contributed by atoms with Crippen LogP contribution in [0.15, 0.2) is 42.5 Å². The van der Waals surface area contributed by atoms with Gasteiger partial charge in [0.05, 0.1) is 18.8 Å². The summed E-state index contributed by atoms with van der Waals surface area (Å²) < 4.78 is 33.4. The third-order valence-electron chi connectivity index (χ3n) is 7.09. The lowest BCUT2D eigenvalue weighted by Gasteiger charge is -2.39. The normalized spacial score (nSPS) is 19.3. The van der Waals surface area contributed by atoms with Crippen molar-refractivity contribution < 1.29 is 33.0 Å². The molecule has 5 rings (SSSR count). The van der Waals surface area contributed by atoms with Crippen molar-refractivity contribution >= 4 is 17.7 Å². The molecule has 0 aliphatic carbocycles. The Bertz CT molecular complexity index is 1470. The maximum atomic E-state index is 14.5. The first-order chi connectivity index (χ1) is 19.7. The maximum Gasteiger partial charge on any atom is 0.258 e. The van der Waals surface area contributed by atoms with Crippen molar-refractivity contribution in [3.63, 3.8) is 0 Å². The van der Waals surface area contributed by atoms with Crippen LogP contribution in [0.1, 0.15) is 33.7 Å². The van der Waals surface area contributed by atoms with Gasteiger partial charge in [-0.1, -0.05) is 0 Å². The molecule has 3 heterocycles. The van der Waals surface area contributed by atoms with Crippen LogP contribution < -0.4 is 24.8 Å². The smallest absolute Gasteiger partial charge is 0.258 e. The Kier molecular flexibility index (Phi) is 8.09. The number of amides is 3. The van der Waals surface area contributed by atoms with Crippen LogP contribution in [0.25, 0.3) is 0 Å². The average Bonchev–Trinajstić information content (AvgIpc) is 3.26. The lowest BCUT2D eigenvalue weighted by atomic mass is 10.0. The molecule has 0 spiro atoms. The molecule has 11 nitrogen and oxygen atoms in total. The third kappa shape index (κ3) is 6.59. The van der Waals surface area contributed by atoms with Gasteiger partial charge >= 0.3 is 0 Å². The number of likely N-dealkylation sites (tertiary alicyclic amines) is 1. The van der Waals surface area contributed by atoms with Crippen molar-refractivity contribution in [3.05, 3.63) is 70.8 Å². The molecular formula is C29H32FN5O6. The molecule has 12 heteroatoms. The van der Waals surface area contributed by atoms with Gasteiger partial charge in [0.15, 0.2) is 18.1 Å². The number of piperidine rings is 1. The second-order valence-corrected chi connectivity index (χ2v) is 10.2. The Morgan fingerprint density at radius 2 is 2.00 bits per heavy atom. The highest BCUT2D eigenvalue weighted by molar-refractivity contribution is 5.95. The molecule has 2 aliphatic rings. The molecule has 3 amide bonds. The van der Waals surface area contributed by atoms with E-state index in [4.69, 9.17) is 14.2 Å². The SMILES string of the molecule is COc1ccc2cc1OCC(=O)N[C@@H]1CN(C(=O)Cn3nc(C)cc3C)CC[C@@H]1Oc1cc(F)cc(c1)CNC2=O. The van der Waals surface area contributed by atoms with Crippen molar-refractivity contribution in [2.24, 2.45) is 0 Å². The van der Waals surface area contributed by atoms with E-state index in [-0.39, 0.29) is 49.2 Å². The monoisotopic (exact) mass is 565 g/mol. The van der Waals surface area contributed by atoms with Gasteiger partial charge in [0.1, 0.15) is 24.2 Å². The summed E-state index contributed by atoms with van der Waals surface area (Å²) in [6.07, 6.45) is -0.153. The summed E-state index contributed by atoms with van der Waals surface area (Å²) in [6.45, 7) is 4.09. The number of hydrogen-bond acceptors (Lipinski definition) is 7. The van der Waals surface area contributed by atoms with Gasteiger partial charge in [-0.15, -0.1) is 0 Å². The predicted molar refractivity (Wildman–Crippen MR) is 145 cm³/mol. The van der Waals surface area contributed by atoms with E-state index in [1.165, 1.54) is 25.3 Å². The van der Waals surface area contributed by atoms with Crippen molar-refractivity contribution in [1.29, 1.82) is 0 Å². The van der Waals surface area contributed by atoms with Gasteiger partial charge in [-0.3, -0.25) is 19.1 Å². The molecular weight excluding hydrogens is 533 g/mol. The highest BCUT2D eigenvalue weighted by Crippen LogP contribution is 2.29. The van der Waals surface area contributed by atoms with Crippen LogP contribution in [0.5, 0.6) is 17.2 Å². The van der Waals surface area contributed by atoms with Gasteiger partial charge < -0.3 is 29.7 Å². The lowest BCUT2D eigenvalue weighted by Crippen LogP contribution is -2.59. The summed E-state index contributed by atoms with van der Waals surface area (Å²) in [5, 5.41) is 10.1. The number of aryl methyl sites for hydroxylation is 2. The summed E-state index contributed by atoms with van der Waals surface area (Å²) in [7, 11) is 1.46. The molecule has 4 bridgehead atoms. The van der Waals surface area contributed by atoms with Crippen molar-refractivity contribution in [1.82, 2.24) is 25.3 Å². The lowest BCUT2D eigenvalue weighted by molar-refractivity contribution is -0.136. The minimum Gasteiger partial charge on any atom is -0.493 e. The first-order valence-electron chi connectivity index (χ1n) is 13.3. The summed E-state index contributed by atoms with van der Waals surface area (Å²) in [4.78, 5) is 40.7. The molecule has 2 N–H and O–H groups in total. The fraction of sp³-hybridized carbons (Fsp3) is 0.379. The van der Waals surface area contributed by atoms with E-state index in [1.54, 1.807) is 27.8 Å². The topological polar surface area (TPSA) is 124 Å². The summed E-state index contributed by atoms with van der Waals surface area (Å²) in [6, 6.07) is 10.1. The molecule has 1 fully saturated rings. The molecule has 0 radical (unpaired) electrons. The first kappa shape index (κ1) is 27.9. The molecule has 2 atom stereocenters. The predicted octanol–water partition coefficient (Wildman–Crippen LogP) is 2.13. The second-order valence-electron chi connectivity index (χ2n) is 10.2. The van der Waals surface area contributed by atoms with Crippen LogP contribution in [0.2, 0.25) is 0 Å². The molecule has 2 aliphatic heterocycles. The third-order valence-corrected chi connectivity index (χ3v) is 7.09. The van der Waals surface area contributed by atoms with Gasteiger partial charge in [0, 0.05) is 43.4 Å². The zero-order chi connectivity index (χ0) is 29.1. The fourth-order valence-electron chi connectivity index (χ4n) is 5.07. The number of nitrogens with one attached hydrogen (secondary N) is 2. The van der Waals surface area contributed by atoms with Crippen molar-refractivity contribution in [2.75, 3.05) is 26.8 Å². The van der Waals surface area contributed by atoms with Gasteiger partial charge in [-0.2, -0.15) is 5.10 Å². The minimum absolute atomic E-state index is 0.0641. The second kappa shape index (κ2) is 11.9. The first-order valence-corrected chi connectivity index (χ1v) is 13.3. The van der Waals surface area contributed by atoms with Crippen LogP contribution >= 0.6 is 0 Å². The number of halogens is 1. The van der Waals surface area contributed by atoms with E-state index < -0.39 is 29.8 Å². The molecule has 2 aromatic carbocycles. The standard InChI is InChI=1S/C29H32FN5O6/c1-17-8-18(2)35(33-17)15-28(37)34-7-6-24-23(14-34)32-27(36)16-40-26-11-20(4-5-25(26)39-3)29(38)31-13-19-9-21(30)12-22(10-19)41-24/h4-5,8-12,23-24H,6-7,13-16H2,1-3H3,(H,31,38)(H,32,36)/t23-,24+/m1/s1. The van der Waals surface area contributed by atoms with Crippen LogP contribution in [0.3, 0.4) is 0 Å². The highest BCUT2D eigenvalue weighted by atomic mass is 19.1. The zero-order valence-electron chi connectivity index (χ0n) is 23.1. The van der Waals surface area contributed by atoms with Crippen LogP contribution in [-0.4, -0.2) is 71.4 Å². The van der Waals surface area contributed by atoms with E-state index in [1.807, 2.05) is 19.9 Å². The number of carbonyl (C=O) groups is 3. The van der Waals surface area contributed by atoms with Crippen LogP contribution in [0.4, 0.5) is 4.39 Å². The summed E-state index contributed by atoms with van der Waals surface area (Å²) in [5.41, 5.74) is 2.49. The van der Waals surface area contributed by atoms with Crippen LogP contribution in [0, 0.1) is 19.7 Å². The van der Waals surface area contributed by atoms with E-state index in [9.17, 15) is 18.8 Å². The van der Waals surface area contributed by atoms with Gasteiger partial charge in [0.2, 0.25) is 5.91 Å². The summed E-state index contributed by atoms with van der Waals surface area (Å²) in [5.74, 6) is -0.697. The van der Waals surface area contributed by atoms with Crippen LogP contribution in [-0.2, 0) is 22.7 Å². The number of nitrogens with zero attached hydrogens (tertiary/aromatic N) is 3. The Hall–Kier alpha value is -4.61. The molecule has 216 valence electrons. The van der Waals surface area contributed by atoms with Crippen molar-refractivity contribution in [3.8, 4) is 17.2 Å². The highest BCUT2D eigenvalue weighted by Gasteiger charge is 2.34. The van der Waals surface area contributed by atoms with Crippen molar-refractivity contribution in [2.45, 2.75) is 45.5 Å². The Morgan fingerprint density at radius 3 is 2.76 bits per heavy atom. The number of ether oxygens (including phenoxy) is 3. The maximum absolute atomic E-state index is 14.5. The number of carbonyl (C=O) groups excluding carboxylic acids is 3. The number of benzene rings is 2. The Morgan fingerprint density at radius 1 is 1.17 bits per heavy atom. The number of fused-ring (bicyclic) bond motifs is 5. The van der Waals surface area contributed by atoms with E-state index in [0.717, 1.165) is 11.4 Å². The molecule has 1 aromatic heterocycles. The number of hydrogen-bond donors (Lipinski definition) is 2. The Balaban J connectivity index is 1.40. The van der Waals surface area contributed by atoms with E-state index >= 15 is 0 Å². The number of aromatic nitrogens is 2. The van der Waals surface area contributed by atoms with Gasteiger partial charge in [0.25, 0.3) is 11.8 Å². The number of methoxy groups -OCH3 is 1. The van der Waals surface area contributed by atoms with E-state index in [0.29, 0.717) is 24.3 Å². The summed E-state index contributed by atoms with van der Waals surface area (Å²) >= 11 is 0. The minimum atomic E-state index is -0.600. The molecule has 3 aromatic rings. The quantitative estimate of drug-likeness (QED) is 0.499. The average molecular weight is 566 g/mol. The molecule has 0 saturated carbocycles. The van der Waals surface area contributed by atoms with Gasteiger partial charge in [-0.05, 0) is 55.8 Å². The number of rotatable bonds is 3. The molecule has 41 heavy (non-hydrogen) atoms. The Labute approximate surface area is 236 Å². The van der Waals surface area contributed by atoms with E-state index in [2.05, 4.69) is 15.7 Å². The molecule has 1 saturated heterocycles.